The van der Waals surface area contributed by atoms with Gasteiger partial charge in [-0.2, -0.15) is 4.98 Å². The number of halogens is 1. The molecule has 0 radical (unpaired) electrons. The maximum atomic E-state index is 5.92. The van der Waals surface area contributed by atoms with Crippen molar-refractivity contribution in [3.05, 3.63) is 76.9 Å². The normalized spacial score (nSPS) is 11.1. The van der Waals surface area contributed by atoms with Gasteiger partial charge in [-0.3, -0.25) is 0 Å². The first-order valence-corrected chi connectivity index (χ1v) is 10.3. The van der Waals surface area contributed by atoms with Gasteiger partial charge in [0, 0.05) is 23.6 Å². The Balaban J connectivity index is 1.44. The minimum atomic E-state index is 0.532. The van der Waals surface area contributed by atoms with Crippen LogP contribution in [0.3, 0.4) is 0 Å². The number of hydrogen-bond donors (Lipinski definition) is 0. The molecular weight excluding hydrogens is 394 g/mol. The van der Waals surface area contributed by atoms with Crippen molar-refractivity contribution in [2.24, 2.45) is 0 Å². The molecule has 0 aliphatic heterocycles. The van der Waals surface area contributed by atoms with E-state index in [0.717, 1.165) is 29.5 Å². The van der Waals surface area contributed by atoms with Crippen LogP contribution in [0.1, 0.15) is 24.2 Å². The summed E-state index contributed by atoms with van der Waals surface area (Å²) >= 11 is 7.46. The Bertz CT molecular complexity index is 1050. The SMILES string of the molecule is CCn1c(Cc2ccccc2)nnc1SCc1nc(-c2ccc(Cl)cc2)no1. The van der Waals surface area contributed by atoms with Gasteiger partial charge >= 0.3 is 0 Å². The van der Waals surface area contributed by atoms with Crippen molar-refractivity contribution < 1.29 is 4.52 Å². The summed E-state index contributed by atoms with van der Waals surface area (Å²) in [4.78, 5) is 4.46. The summed E-state index contributed by atoms with van der Waals surface area (Å²) in [5.41, 5.74) is 2.08. The number of rotatable bonds is 7. The minimum Gasteiger partial charge on any atom is -0.338 e. The van der Waals surface area contributed by atoms with Gasteiger partial charge in [0.15, 0.2) is 5.16 Å². The van der Waals surface area contributed by atoms with E-state index in [1.54, 1.807) is 12.1 Å². The fourth-order valence-electron chi connectivity index (χ4n) is 2.81. The van der Waals surface area contributed by atoms with Crippen LogP contribution < -0.4 is 0 Å². The second-order valence-electron chi connectivity index (χ2n) is 6.11. The highest BCUT2D eigenvalue weighted by Crippen LogP contribution is 2.24. The molecule has 0 aliphatic rings. The van der Waals surface area contributed by atoms with E-state index in [0.29, 0.717) is 22.5 Å². The lowest BCUT2D eigenvalue weighted by molar-refractivity contribution is 0.391. The molecule has 6 nitrogen and oxygen atoms in total. The summed E-state index contributed by atoms with van der Waals surface area (Å²) in [6.45, 7) is 2.89. The smallest absolute Gasteiger partial charge is 0.237 e. The summed E-state index contributed by atoms with van der Waals surface area (Å²) < 4.78 is 7.49. The molecule has 0 fully saturated rings. The predicted octanol–water partition coefficient (Wildman–Crippen LogP) is 4.88. The second-order valence-corrected chi connectivity index (χ2v) is 7.49. The van der Waals surface area contributed by atoms with E-state index in [-0.39, 0.29) is 0 Å². The van der Waals surface area contributed by atoms with Crippen molar-refractivity contribution in [3.63, 3.8) is 0 Å². The van der Waals surface area contributed by atoms with Crippen molar-refractivity contribution in [2.45, 2.75) is 30.8 Å². The topological polar surface area (TPSA) is 69.6 Å². The maximum absolute atomic E-state index is 5.92. The first kappa shape index (κ1) is 18.7. The van der Waals surface area contributed by atoms with Crippen molar-refractivity contribution in [1.82, 2.24) is 24.9 Å². The largest absolute Gasteiger partial charge is 0.338 e. The molecule has 4 aromatic rings. The molecular formula is C20H18ClN5OS. The van der Waals surface area contributed by atoms with Gasteiger partial charge in [-0.25, -0.2) is 0 Å². The molecule has 0 spiro atoms. The molecule has 4 rings (SSSR count). The highest BCUT2D eigenvalue weighted by atomic mass is 35.5. The molecule has 0 N–H and O–H groups in total. The van der Waals surface area contributed by atoms with E-state index in [1.807, 2.05) is 30.3 Å². The zero-order chi connectivity index (χ0) is 19.3. The number of nitrogens with zero attached hydrogens (tertiary/aromatic N) is 5. The number of aromatic nitrogens is 5. The van der Waals surface area contributed by atoms with Crippen molar-refractivity contribution in [1.29, 1.82) is 0 Å². The molecule has 28 heavy (non-hydrogen) atoms. The third kappa shape index (κ3) is 4.26. The fraction of sp³-hybridized carbons (Fsp3) is 0.200. The fourth-order valence-corrected chi connectivity index (χ4v) is 3.79. The van der Waals surface area contributed by atoms with Crippen molar-refractivity contribution in [3.8, 4) is 11.4 Å². The van der Waals surface area contributed by atoms with Gasteiger partial charge in [-0.1, -0.05) is 58.9 Å². The molecule has 2 aromatic heterocycles. The summed E-state index contributed by atoms with van der Waals surface area (Å²) in [5, 5.41) is 14.3. The maximum Gasteiger partial charge on any atom is 0.237 e. The second kappa shape index (κ2) is 8.58. The Labute approximate surface area is 172 Å². The van der Waals surface area contributed by atoms with Gasteiger partial charge < -0.3 is 9.09 Å². The third-order valence-corrected chi connectivity index (χ3v) is 5.41. The highest BCUT2D eigenvalue weighted by molar-refractivity contribution is 7.98. The number of thioether (sulfide) groups is 1. The van der Waals surface area contributed by atoms with E-state index >= 15 is 0 Å². The summed E-state index contributed by atoms with van der Waals surface area (Å²) in [5.74, 6) is 2.58. The van der Waals surface area contributed by atoms with Crippen molar-refractivity contribution in [2.75, 3.05) is 0 Å². The molecule has 0 atom stereocenters. The Kier molecular flexibility index (Phi) is 5.73. The minimum absolute atomic E-state index is 0.532. The van der Waals surface area contributed by atoms with Gasteiger partial charge in [0.1, 0.15) is 5.82 Å². The monoisotopic (exact) mass is 411 g/mol. The quantitative estimate of drug-likeness (QED) is 0.403. The molecule has 0 saturated carbocycles. The molecule has 0 amide bonds. The van der Waals surface area contributed by atoms with E-state index in [2.05, 4.69) is 44.0 Å². The van der Waals surface area contributed by atoms with Gasteiger partial charge in [-0.15, -0.1) is 10.2 Å². The summed E-state index contributed by atoms with van der Waals surface area (Å²) in [6, 6.07) is 17.6. The van der Waals surface area contributed by atoms with Crippen LogP contribution in [-0.2, 0) is 18.7 Å². The molecule has 8 heteroatoms. The lowest BCUT2D eigenvalue weighted by Gasteiger charge is -2.06. The first-order valence-electron chi connectivity index (χ1n) is 8.90. The Morgan fingerprint density at radius 1 is 1.04 bits per heavy atom. The Hall–Kier alpha value is -2.64. The zero-order valence-electron chi connectivity index (χ0n) is 15.2. The van der Waals surface area contributed by atoms with Crippen LogP contribution in [0.5, 0.6) is 0 Å². The standard InChI is InChI=1S/C20H18ClN5OS/c1-2-26-17(12-14-6-4-3-5-7-14)23-24-20(26)28-13-18-22-19(25-27-18)15-8-10-16(21)11-9-15/h3-11H,2,12-13H2,1H3. The van der Waals surface area contributed by atoms with Gasteiger partial charge in [0.2, 0.25) is 11.7 Å². The zero-order valence-corrected chi connectivity index (χ0v) is 16.8. The molecule has 0 aliphatic carbocycles. The van der Waals surface area contributed by atoms with Crippen LogP contribution in [-0.4, -0.2) is 24.9 Å². The van der Waals surface area contributed by atoms with Crippen LogP contribution in [0.15, 0.2) is 64.3 Å². The molecule has 2 aromatic carbocycles. The van der Waals surface area contributed by atoms with Gasteiger partial charge in [0.05, 0.1) is 5.75 Å². The predicted molar refractivity (Wildman–Crippen MR) is 109 cm³/mol. The lowest BCUT2D eigenvalue weighted by Crippen LogP contribution is -2.04. The van der Waals surface area contributed by atoms with Crippen LogP contribution in [0, 0.1) is 0 Å². The molecule has 0 saturated heterocycles. The Morgan fingerprint density at radius 3 is 2.57 bits per heavy atom. The van der Waals surface area contributed by atoms with Crippen LogP contribution in [0.4, 0.5) is 0 Å². The summed E-state index contributed by atoms with van der Waals surface area (Å²) in [6.07, 6.45) is 0.753. The first-order chi connectivity index (χ1) is 13.7. The van der Waals surface area contributed by atoms with Crippen LogP contribution in [0.2, 0.25) is 5.02 Å². The Morgan fingerprint density at radius 2 is 1.82 bits per heavy atom. The number of benzene rings is 2. The average molecular weight is 412 g/mol. The molecule has 0 bridgehead atoms. The van der Waals surface area contributed by atoms with Gasteiger partial charge in [0.25, 0.3) is 0 Å². The van der Waals surface area contributed by atoms with E-state index in [9.17, 15) is 0 Å². The highest BCUT2D eigenvalue weighted by Gasteiger charge is 2.14. The van der Waals surface area contributed by atoms with E-state index in [1.165, 1.54) is 17.3 Å². The van der Waals surface area contributed by atoms with Crippen LogP contribution >= 0.6 is 23.4 Å². The molecule has 2 heterocycles. The van der Waals surface area contributed by atoms with E-state index < -0.39 is 0 Å². The lowest BCUT2D eigenvalue weighted by atomic mass is 10.1. The van der Waals surface area contributed by atoms with Crippen molar-refractivity contribution >= 4 is 23.4 Å². The number of hydrogen-bond acceptors (Lipinski definition) is 6. The molecule has 142 valence electrons. The average Bonchev–Trinajstić information content (AvgIpc) is 3.34. The van der Waals surface area contributed by atoms with E-state index in [4.69, 9.17) is 16.1 Å². The molecule has 0 unspecified atom stereocenters. The third-order valence-electron chi connectivity index (χ3n) is 4.21. The summed E-state index contributed by atoms with van der Waals surface area (Å²) in [7, 11) is 0. The van der Waals surface area contributed by atoms with Crippen LogP contribution in [0.25, 0.3) is 11.4 Å². The van der Waals surface area contributed by atoms with Gasteiger partial charge in [-0.05, 0) is 36.8 Å².